The quantitative estimate of drug-likeness (QED) is 0.393. The number of rotatable bonds is 7. The van der Waals surface area contributed by atoms with Gasteiger partial charge in [-0.2, -0.15) is 4.98 Å². The van der Waals surface area contributed by atoms with Gasteiger partial charge in [-0.05, 0) is 50.5 Å². The van der Waals surface area contributed by atoms with Crippen molar-refractivity contribution in [2.24, 2.45) is 0 Å². The summed E-state index contributed by atoms with van der Waals surface area (Å²) >= 11 is 0. The topological polar surface area (TPSA) is 105 Å². The molecular weight excluding hydrogens is 428 g/mol. The number of amides is 1. The molecule has 0 saturated carbocycles. The lowest BCUT2D eigenvalue weighted by molar-refractivity contribution is -0.120. The number of pyridine rings is 1. The van der Waals surface area contributed by atoms with Crippen LogP contribution in [0.3, 0.4) is 0 Å². The average Bonchev–Trinajstić information content (AvgIpc) is 3.08. The maximum Gasteiger partial charge on any atom is 0.253 e. The highest BCUT2D eigenvalue weighted by Gasteiger charge is 2.22. The molecule has 0 aliphatic heterocycles. The number of carbonyl (C=O) groups excluding carboxylic acids is 1. The van der Waals surface area contributed by atoms with Gasteiger partial charge >= 0.3 is 0 Å². The Hall–Kier alpha value is -3.94. The van der Waals surface area contributed by atoms with Crippen molar-refractivity contribution in [2.45, 2.75) is 46.7 Å². The predicted molar refractivity (Wildman–Crippen MR) is 134 cm³/mol. The Bertz CT molecular complexity index is 1400. The normalized spacial score (nSPS) is 12.0. The van der Waals surface area contributed by atoms with Crippen LogP contribution in [0.15, 0.2) is 47.4 Å². The highest BCUT2D eigenvalue weighted by Crippen LogP contribution is 2.31. The van der Waals surface area contributed by atoms with Crippen molar-refractivity contribution < 1.29 is 4.79 Å². The molecule has 3 N–H and O–H groups in total. The van der Waals surface area contributed by atoms with E-state index in [-0.39, 0.29) is 30.5 Å². The molecule has 4 aromatic rings. The summed E-state index contributed by atoms with van der Waals surface area (Å²) in [5.41, 5.74) is 5.83. The van der Waals surface area contributed by atoms with Gasteiger partial charge in [-0.3, -0.25) is 9.59 Å². The first kappa shape index (κ1) is 23.2. The number of nitrogens with one attached hydrogen (secondary N) is 3. The fourth-order valence-electron chi connectivity index (χ4n) is 4.48. The summed E-state index contributed by atoms with van der Waals surface area (Å²) in [6.07, 6.45) is 1.94. The highest BCUT2D eigenvalue weighted by molar-refractivity contribution is 5.89. The summed E-state index contributed by atoms with van der Waals surface area (Å²) in [7, 11) is 1.78. The Morgan fingerprint density at radius 1 is 1.15 bits per heavy atom. The number of carbonyl (C=O) groups is 1. The smallest absolute Gasteiger partial charge is 0.253 e. The van der Waals surface area contributed by atoms with Crippen LogP contribution in [0.1, 0.15) is 46.6 Å². The van der Waals surface area contributed by atoms with E-state index in [2.05, 4.69) is 44.2 Å². The van der Waals surface area contributed by atoms with Gasteiger partial charge in [-0.25, -0.2) is 4.98 Å². The van der Waals surface area contributed by atoms with Crippen LogP contribution in [0.4, 0.5) is 5.95 Å². The second kappa shape index (κ2) is 9.51. The number of fused-ring (bicyclic) bond motifs is 1. The zero-order valence-electron chi connectivity index (χ0n) is 20.2. The minimum Gasteiger partial charge on any atom is -0.357 e. The van der Waals surface area contributed by atoms with Crippen LogP contribution < -0.4 is 16.2 Å². The summed E-state index contributed by atoms with van der Waals surface area (Å²) in [5.74, 6) is 0.364. The molecule has 0 aliphatic carbocycles. The molecule has 4 rings (SSSR count). The first-order valence-electron chi connectivity index (χ1n) is 11.3. The van der Waals surface area contributed by atoms with Crippen molar-refractivity contribution in [1.82, 2.24) is 24.8 Å². The van der Waals surface area contributed by atoms with Gasteiger partial charge in [0.2, 0.25) is 11.9 Å². The highest BCUT2D eigenvalue weighted by atomic mass is 16.1. The van der Waals surface area contributed by atoms with E-state index >= 15 is 0 Å². The molecular formula is C26H30N6O2. The number of aromatic nitrogens is 4. The summed E-state index contributed by atoms with van der Waals surface area (Å²) in [6.45, 7) is 8.03. The average molecular weight is 459 g/mol. The van der Waals surface area contributed by atoms with Gasteiger partial charge < -0.3 is 20.2 Å². The second-order valence-corrected chi connectivity index (χ2v) is 8.60. The third-order valence-corrected chi connectivity index (χ3v) is 6.31. The third-order valence-electron chi connectivity index (χ3n) is 6.31. The lowest BCUT2D eigenvalue weighted by Gasteiger charge is -2.18. The molecule has 0 bridgehead atoms. The fourth-order valence-corrected chi connectivity index (χ4v) is 4.48. The summed E-state index contributed by atoms with van der Waals surface area (Å²) in [5, 5.41) is 6.76. The van der Waals surface area contributed by atoms with Crippen LogP contribution >= 0.6 is 0 Å². The van der Waals surface area contributed by atoms with E-state index in [4.69, 9.17) is 4.98 Å². The summed E-state index contributed by atoms with van der Waals surface area (Å²) in [6, 6.07) is 12.1. The molecule has 0 spiro atoms. The lowest BCUT2D eigenvalue weighted by Crippen LogP contribution is -2.29. The minimum atomic E-state index is -0.171. The van der Waals surface area contributed by atoms with E-state index in [9.17, 15) is 9.59 Å². The number of anilines is 1. The minimum absolute atomic E-state index is 0.0221. The van der Waals surface area contributed by atoms with E-state index in [1.165, 1.54) is 0 Å². The van der Waals surface area contributed by atoms with Crippen LogP contribution in [0.2, 0.25) is 0 Å². The molecule has 8 nitrogen and oxygen atoms in total. The maximum atomic E-state index is 13.0. The van der Waals surface area contributed by atoms with Gasteiger partial charge in [-0.1, -0.05) is 30.3 Å². The summed E-state index contributed by atoms with van der Waals surface area (Å²) in [4.78, 5) is 37.2. The molecule has 176 valence electrons. The number of aromatic amines is 1. The Kier molecular flexibility index (Phi) is 6.49. The van der Waals surface area contributed by atoms with E-state index in [0.29, 0.717) is 11.5 Å². The van der Waals surface area contributed by atoms with E-state index < -0.39 is 0 Å². The third kappa shape index (κ3) is 4.44. The second-order valence-electron chi connectivity index (χ2n) is 8.60. The molecule has 0 saturated heterocycles. The number of benzene rings is 1. The van der Waals surface area contributed by atoms with E-state index in [1.54, 1.807) is 13.2 Å². The van der Waals surface area contributed by atoms with Gasteiger partial charge in [0.05, 0.1) is 12.5 Å². The number of aryl methyl sites for hydroxylation is 2. The largest absolute Gasteiger partial charge is 0.357 e. The first-order valence-corrected chi connectivity index (χ1v) is 11.3. The molecule has 0 unspecified atom stereocenters. The van der Waals surface area contributed by atoms with Crippen LogP contribution in [-0.4, -0.2) is 32.5 Å². The molecule has 34 heavy (non-hydrogen) atoms. The van der Waals surface area contributed by atoms with Crippen LogP contribution in [0, 0.1) is 20.8 Å². The Balaban J connectivity index is 1.67. The lowest BCUT2D eigenvalue weighted by atomic mass is 10.1. The fraction of sp³-hybridized carbons (Fsp3) is 0.308. The number of H-pyrrole nitrogens is 1. The van der Waals surface area contributed by atoms with Gasteiger partial charge in [-0.15, -0.1) is 0 Å². The number of hydrogen-bond acceptors (Lipinski definition) is 5. The van der Waals surface area contributed by atoms with Gasteiger partial charge in [0.15, 0.2) is 0 Å². The first-order chi connectivity index (χ1) is 16.3. The number of nitrogens with zero attached hydrogens (tertiary/aromatic N) is 3. The molecule has 3 aromatic heterocycles. The molecule has 1 aromatic carbocycles. The Morgan fingerprint density at radius 2 is 1.88 bits per heavy atom. The molecule has 3 heterocycles. The molecule has 0 radical (unpaired) electrons. The Morgan fingerprint density at radius 3 is 2.56 bits per heavy atom. The zero-order valence-corrected chi connectivity index (χ0v) is 20.2. The number of hydrogen-bond donors (Lipinski definition) is 3. The van der Waals surface area contributed by atoms with Crippen LogP contribution in [0.5, 0.6) is 0 Å². The zero-order chi connectivity index (χ0) is 24.4. The van der Waals surface area contributed by atoms with Gasteiger partial charge in [0.1, 0.15) is 5.65 Å². The monoisotopic (exact) mass is 458 g/mol. The van der Waals surface area contributed by atoms with Crippen molar-refractivity contribution in [2.75, 3.05) is 12.4 Å². The van der Waals surface area contributed by atoms with Crippen molar-refractivity contribution in [1.29, 1.82) is 0 Å². The molecule has 0 fully saturated rings. The van der Waals surface area contributed by atoms with E-state index in [0.717, 1.165) is 39.1 Å². The molecule has 8 heteroatoms. The van der Waals surface area contributed by atoms with Crippen molar-refractivity contribution in [3.63, 3.8) is 0 Å². The standard InChI is InChI=1S/C26H30N6O2/c1-15-11-16(2)30-25(34)21(15)13-28-23(33)12-20-18(4)32(17(3)19-9-7-6-8-10-19)24-22(20)14-29-26(27-5)31-24/h6-11,14,17H,12-13H2,1-5H3,(H,28,33)(H,30,34)(H,27,29,31)/t17-/m1/s1. The molecule has 0 aliphatic rings. The SMILES string of the molecule is CNc1ncc2c(CC(=O)NCc3c(C)cc(C)[nH]c3=O)c(C)n([C@H](C)c3ccccc3)c2n1. The van der Waals surface area contributed by atoms with Gasteiger partial charge in [0.25, 0.3) is 5.56 Å². The Labute approximate surface area is 198 Å². The van der Waals surface area contributed by atoms with Crippen LogP contribution in [-0.2, 0) is 17.8 Å². The van der Waals surface area contributed by atoms with Crippen molar-refractivity contribution >= 4 is 22.9 Å². The van der Waals surface area contributed by atoms with Crippen molar-refractivity contribution in [3.05, 3.63) is 86.6 Å². The molecule has 1 atom stereocenters. The molecule has 1 amide bonds. The van der Waals surface area contributed by atoms with Crippen LogP contribution in [0.25, 0.3) is 11.0 Å². The van der Waals surface area contributed by atoms with Crippen molar-refractivity contribution in [3.8, 4) is 0 Å². The predicted octanol–water partition coefficient (Wildman–Crippen LogP) is 3.55. The van der Waals surface area contributed by atoms with E-state index in [1.807, 2.05) is 45.0 Å². The van der Waals surface area contributed by atoms with Gasteiger partial charge in [0, 0.05) is 42.1 Å². The maximum absolute atomic E-state index is 13.0. The summed E-state index contributed by atoms with van der Waals surface area (Å²) < 4.78 is 2.16.